The number of aryl methyl sites for hydroxylation is 1. The van der Waals surface area contributed by atoms with Crippen molar-refractivity contribution in [1.82, 2.24) is 10.2 Å². The summed E-state index contributed by atoms with van der Waals surface area (Å²) >= 11 is 11.8. The maximum Gasteiger partial charge on any atom is 0.237 e. The lowest BCUT2D eigenvalue weighted by molar-refractivity contribution is -0.130. The number of piperidine rings is 2. The summed E-state index contributed by atoms with van der Waals surface area (Å²) in [6.07, 6.45) is 2.74. The molecule has 0 aromatic heterocycles. The van der Waals surface area contributed by atoms with E-state index in [0.717, 1.165) is 59.1 Å². The minimum atomic E-state index is -0.902. The summed E-state index contributed by atoms with van der Waals surface area (Å²) in [6.45, 7) is 12.5. The first-order chi connectivity index (χ1) is 20.7. The molecule has 8 heteroatoms. The summed E-state index contributed by atoms with van der Waals surface area (Å²) in [4.78, 5) is 28.6. The van der Waals surface area contributed by atoms with E-state index >= 15 is 0 Å². The van der Waals surface area contributed by atoms with Crippen LogP contribution in [-0.2, 0) is 15.0 Å². The van der Waals surface area contributed by atoms with Gasteiger partial charge < -0.3 is 20.3 Å². The summed E-state index contributed by atoms with van der Waals surface area (Å²) in [5.74, 6) is 0.589. The van der Waals surface area contributed by atoms with E-state index < -0.39 is 11.5 Å². The number of hydrogen-bond donors (Lipinski definition) is 2. The molecule has 3 aromatic rings. The average Bonchev–Trinajstić information content (AvgIpc) is 3.27. The number of likely N-dealkylation sites (tertiary alicyclic amines) is 1. The Morgan fingerprint density at radius 1 is 0.930 bits per heavy atom. The van der Waals surface area contributed by atoms with Gasteiger partial charge in [-0.1, -0.05) is 79.0 Å². The van der Waals surface area contributed by atoms with Crippen LogP contribution in [0.1, 0.15) is 76.1 Å². The number of amides is 2. The molecule has 0 radical (unpaired) electrons. The summed E-state index contributed by atoms with van der Waals surface area (Å²) in [5, 5.41) is 7.54. The zero-order chi connectivity index (χ0) is 31.1. The topological polar surface area (TPSA) is 70.7 Å². The number of rotatable bonds is 4. The van der Waals surface area contributed by atoms with Gasteiger partial charge in [-0.05, 0) is 75.9 Å². The standard InChI is InChI=1S/C27H32ClN3O3.C6H5Cl.C2H6/c1-16(2)31-12-9-19(10-13-31)34-23-7-4-17(3)14-20(23)25-27(11-8-24(32)30-25)21-6-5-18(28)15-22(21)29-26(27)33;7-6-4-2-1-3-5-6;1-2/h4-7,14-16,19,25H,8-13H2,1-3H3,(H,29,33)(H,30,32);1-5H;1-2H3/t25-,27-;;/m1../s1. The first kappa shape index (κ1) is 32.8. The summed E-state index contributed by atoms with van der Waals surface area (Å²) in [5.41, 5.74) is 2.61. The molecule has 6 rings (SSSR count). The molecule has 3 heterocycles. The van der Waals surface area contributed by atoms with Crippen molar-refractivity contribution in [3.8, 4) is 5.75 Å². The fourth-order valence-electron chi connectivity index (χ4n) is 6.16. The van der Waals surface area contributed by atoms with Gasteiger partial charge >= 0.3 is 0 Å². The minimum absolute atomic E-state index is 0.0523. The fourth-order valence-corrected chi connectivity index (χ4v) is 6.48. The van der Waals surface area contributed by atoms with Crippen molar-refractivity contribution in [2.75, 3.05) is 18.4 Å². The molecule has 0 unspecified atom stereocenters. The van der Waals surface area contributed by atoms with E-state index in [9.17, 15) is 9.59 Å². The Kier molecular flexibility index (Phi) is 11.2. The van der Waals surface area contributed by atoms with Crippen LogP contribution in [0.3, 0.4) is 0 Å². The second-order valence-corrected chi connectivity index (χ2v) is 12.3. The maximum atomic E-state index is 13.5. The Morgan fingerprint density at radius 2 is 1.63 bits per heavy atom. The highest BCUT2D eigenvalue weighted by molar-refractivity contribution is 6.31. The molecular formula is C35H43Cl2N3O3. The van der Waals surface area contributed by atoms with Crippen LogP contribution < -0.4 is 15.4 Å². The fraction of sp³-hybridized carbons (Fsp3) is 0.429. The molecule has 2 atom stereocenters. The third kappa shape index (κ3) is 7.36. The third-order valence-electron chi connectivity index (χ3n) is 8.37. The van der Waals surface area contributed by atoms with Gasteiger partial charge in [0.2, 0.25) is 11.8 Å². The Morgan fingerprint density at radius 3 is 2.26 bits per heavy atom. The molecule has 1 spiro atoms. The molecule has 0 aliphatic carbocycles. The Labute approximate surface area is 266 Å². The predicted octanol–water partition coefficient (Wildman–Crippen LogP) is 8.11. The van der Waals surface area contributed by atoms with E-state index in [4.69, 9.17) is 27.9 Å². The number of nitrogens with one attached hydrogen (secondary N) is 2. The van der Waals surface area contributed by atoms with Gasteiger partial charge in [0.15, 0.2) is 0 Å². The minimum Gasteiger partial charge on any atom is -0.490 e. The first-order valence-electron chi connectivity index (χ1n) is 15.3. The molecule has 3 aliphatic rings. The molecule has 2 fully saturated rings. The van der Waals surface area contributed by atoms with Gasteiger partial charge in [0.05, 0.1) is 6.04 Å². The number of benzene rings is 3. The van der Waals surface area contributed by atoms with Crippen molar-refractivity contribution in [3.05, 3.63) is 93.5 Å². The number of carbonyl (C=O) groups excluding carboxylic acids is 2. The largest absolute Gasteiger partial charge is 0.490 e. The van der Waals surface area contributed by atoms with Gasteiger partial charge in [-0.15, -0.1) is 0 Å². The van der Waals surface area contributed by atoms with E-state index in [1.807, 2.05) is 75.4 Å². The number of anilines is 1. The van der Waals surface area contributed by atoms with Crippen LogP contribution >= 0.6 is 23.2 Å². The van der Waals surface area contributed by atoms with E-state index in [1.165, 1.54) is 0 Å². The zero-order valence-corrected chi connectivity index (χ0v) is 27.3. The number of nitrogens with zero attached hydrogens (tertiary/aromatic N) is 1. The number of halogens is 2. The predicted molar refractivity (Wildman–Crippen MR) is 176 cm³/mol. The third-order valence-corrected chi connectivity index (χ3v) is 8.86. The summed E-state index contributed by atoms with van der Waals surface area (Å²) < 4.78 is 6.57. The van der Waals surface area contributed by atoms with Crippen molar-refractivity contribution < 1.29 is 14.3 Å². The molecule has 230 valence electrons. The molecule has 3 aromatic carbocycles. The van der Waals surface area contributed by atoms with Gasteiger partial charge in [-0.2, -0.15) is 0 Å². The SMILES string of the molecule is CC.Cc1ccc(OC2CCN(C(C)C)CC2)c([C@H]2NC(=O)CC[C@]23C(=O)Nc2cc(Cl)ccc23)c1.Clc1ccccc1. The van der Waals surface area contributed by atoms with Crippen LogP contribution in [0.25, 0.3) is 0 Å². The van der Waals surface area contributed by atoms with Crippen LogP contribution in [0.5, 0.6) is 5.75 Å². The molecule has 0 saturated carbocycles. The van der Waals surface area contributed by atoms with E-state index in [-0.39, 0.29) is 17.9 Å². The highest BCUT2D eigenvalue weighted by Gasteiger charge is 2.56. The Bertz CT molecular complexity index is 1410. The van der Waals surface area contributed by atoms with Crippen LogP contribution in [-0.4, -0.2) is 41.9 Å². The van der Waals surface area contributed by atoms with Gasteiger partial charge in [0, 0.05) is 46.8 Å². The van der Waals surface area contributed by atoms with Crippen molar-refractivity contribution in [1.29, 1.82) is 0 Å². The molecule has 2 saturated heterocycles. The van der Waals surface area contributed by atoms with Crippen LogP contribution in [0.2, 0.25) is 10.0 Å². The van der Waals surface area contributed by atoms with Crippen LogP contribution in [0.4, 0.5) is 5.69 Å². The van der Waals surface area contributed by atoms with Gasteiger partial charge in [-0.3, -0.25) is 9.59 Å². The van der Waals surface area contributed by atoms with Crippen molar-refractivity contribution in [2.45, 2.75) is 83.9 Å². The average molecular weight is 625 g/mol. The summed E-state index contributed by atoms with van der Waals surface area (Å²) in [7, 11) is 0. The normalized spacial score (nSPS) is 21.6. The molecule has 43 heavy (non-hydrogen) atoms. The van der Waals surface area contributed by atoms with Crippen LogP contribution in [0.15, 0.2) is 66.7 Å². The molecular weight excluding hydrogens is 581 g/mol. The Hall–Kier alpha value is -3.06. The number of ether oxygens (including phenoxy) is 1. The lowest BCUT2D eigenvalue weighted by Crippen LogP contribution is -2.52. The molecule has 3 aliphatic heterocycles. The first-order valence-corrected chi connectivity index (χ1v) is 16.1. The molecule has 2 amide bonds. The van der Waals surface area contributed by atoms with Gasteiger partial charge in [0.25, 0.3) is 0 Å². The van der Waals surface area contributed by atoms with E-state index in [1.54, 1.807) is 6.07 Å². The smallest absolute Gasteiger partial charge is 0.237 e. The quantitative estimate of drug-likeness (QED) is 0.308. The number of hydrogen-bond acceptors (Lipinski definition) is 4. The van der Waals surface area contributed by atoms with Crippen molar-refractivity contribution >= 4 is 40.7 Å². The van der Waals surface area contributed by atoms with Crippen molar-refractivity contribution in [2.24, 2.45) is 0 Å². The summed E-state index contributed by atoms with van der Waals surface area (Å²) in [6, 6.07) is 21.0. The highest BCUT2D eigenvalue weighted by atomic mass is 35.5. The Balaban J connectivity index is 0.000000409. The second kappa shape index (κ2) is 14.6. The second-order valence-electron chi connectivity index (χ2n) is 11.4. The monoisotopic (exact) mass is 623 g/mol. The highest BCUT2D eigenvalue weighted by Crippen LogP contribution is 2.52. The molecule has 0 bridgehead atoms. The number of fused-ring (bicyclic) bond motifs is 2. The molecule has 2 N–H and O–H groups in total. The van der Waals surface area contributed by atoms with E-state index in [2.05, 4.69) is 35.4 Å². The van der Waals surface area contributed by atoms with Gasteiger partial charge in [0.1, 0.15) is 17.3 Å². The molecule has 6 nitrogen and oxygen atoms in total. The lowest BCUT2D eigenvalue weighted by atomic mass is 9.67. The zero-order valence-electron chi connectivity index (χ0n) is 25.8. The number of carbonyl (C=O) groups is 2. The van der Waals surface area contributed by atoms with E-state index in [0.29, 0.717) is 23.9 Å². The van der Waals surface area contributed by atoms with Crippen molar-refractivity contribution in [3.63, 3.8) is 0 Å². The van der Waals surface area contributed by atoms with Gasteiger partial charge in [-0.25, -0.2) is 0 Å². The maximum absolute atomic E-state index is 13.5. The van der Waals surface area contributed by atoms with Crippen LogP contribution in [0, 0.1) is 6.92 Å². The lowest BCUT2D eigenvalue weighted by Gasteiger charge is -2.41.